The molecular weight excluding hydrogens is 167 g/mol. The molecule has 1 rings (SSSR count). The van der Waals surface area contributed by atoms with E-state index in [0.29, 0.717) is 10.0 Å². The van der Waals surface area contributed by atoms with Crippen LogP contribution < -0.4 is 0 Å². The Labute approximate surface area is 70.8 Å². The molecule has 0 saturated carbocycles. The molecule has 1 aromatic rings. The Morgan fingerprint density at radius 2 is 1.80 bits per heavy atom. The van der Waals surface area contributed by atoms with Gasteiger partial charge in [-0.2, -0.15) is 0 Å². The molecule has 0 unspecified atom stereocenters. The maximum Gasteiger partial charge on any atom is 0.0503 e. The van der Waals surface area contributed by atoms with Crippen LogP contribution in [0.3, 0.4) is 0 Å². The fraction of sp³-hybridized carbons (Fsp3) is 0.250. The number of hydrogen-bond acceptors (Lipinski definition) is 0. The Kier molecular flexibility index (Phi) is 2.58. The molecule has 0 N–H and O–H groups in total. The number of rotatable bonds is 1. The summed E-state index contributed by atoms with van der Waals surface area (Å²) < 4.78 is 0. The largest absolute Gasteiger partial charge is 0.0836 e. The van der Waals surface area contributed by atoms with E-state index in [0.717, 1.165) is 12.0 Å². The average molecular weight is 174 g/mol. The molecule has 53 valence electrons. The van der Waals surface area contributed by atoms with Gasteiger partial charge in [-0.1, -0.05) is 30.1 Å². The highest BCUT2D eigenvalue weighted by Gasteiger charge is 1.94. The molecule has 0 saturated heterocycles. The van der Waals surface area contributed by atoms with Crippen LogP contribution >= 0.6 is 23.2 Å². The summed E-state index contributed by atoms with van der Waals surface area (Å²) in [4.78, 5) is 0. The van der Waals surface area contributed by atoms with Crippen molar-refractivity contribution in [2.45, 2.75) is 13.3 Å². The molecule has 10 heavy (non-hydrogen) atoms. The molecule has 0 aromatic heterocycles. The van der Waals surface area contributed by atoms with Crippen molar-refractivity contribution >= 4 is 23.2 Å². The van der Waals surface area contributed by atoms with Crippen molar-refractivity contribution < 1.29 is 0 Å². The van der Waals surface area contributed by atoms with E-state index < -0.39 is 0 Å². The van der Waals surface area contributed by atoms with Crippen molar-refractivity contribution in [1.29, 1.82) is 0 Å². The van der Waals surface area contributed by atoms with E-state index in [9.17, 15) is 0 Å². The zero-order valence-corrected chi connectivity index (χ0v) is 7.13. The lowest BCUT2D eigenvalue weighted by Gasteiger charge is -1.96. The van der Waals surface area contributed by atoms with E-state index in [1.54, 1.807) is 0 Å². The molecule has 0 nitrogen and oxygen atoms in total. The Morgan fingerprint density at radius 3 is 2.20 bits per heavy atom. The molecular formula is C8H7Cl2. The van der Waals surface area contributed by atoms with Crippen LogP contribution in [0.1, 0.15) is 12.5 Å². The van der Waals surface area contributed by atoms with Gasteiger partial charge < -0.3 is 0 Å². The Morgan fingerprint density at radius 1 is 1.30 bits per heavy atom. The van der Waals surface area contributed by atoms with Crippen LogP contribution in [0.5, 0.6) is 0 Å². The Hall–Kier alpha value is -0.200. The van der Waals surface area contributed by atoms with Crippen molar-refractivity contribution in [2.75, 3.05) is 0 Å². The van der Waals surface area contributed by atoms with Gasteiger partial charge >= 0.3 is 0 Å². The lowest BCUT2D eigenvalue weighted by molar-refractivity contribution is 1.14. The molecule has 0 aliphatic heterocycles. The van der Waals surface area contributed by atoms with Gasteiger partial charge in [0.1, 0.15) is 0 Å². The van der Waals surface area contributed by atoms with Crippen LogP contribution in [0, 0.1) is 6.07 Å². The highest BCUT2D eigenvalue weighted by atomic mass is 35.5. The second-order valence-corrected chi connectivity index (χ2v) is 2.85. The smallest absolute Gasteiger partial charge is 0.0503 e. The molecule has 0 aliphatic rings. The minimum atomic E-state index is 0.587. The first-order chi connectivity index (χ1) is 4.72. The number of hydrogen-bond donors (Lipinski definition) is 0. The van der Waals surface area contributed by atoms with E-state index >= 15 is 0 Å². The van der Waals surface area contributed by atoms with E-state index in [1.165, 1.54) is 0 Å². The first-order valence-corrected chi connectivity index (χ1v) is 3.85. The fourth-order valence-corrected chi connectivity index (χ4v) is 1.29. The Bertz CT molecular complexity index is 210. The van der Waals surface area contributed by atoms with E-state index in [2.05, 4.69) is 13.0 Å². The predicted molar refractivity (Wildman–Crippen MR) is 44.7 cm³/mol. The van der Waals surface area contributed by atoms with Crippen LogP contribution in [0.4, 0.5) is 0 Å². The highest BCUT2D eigenvalue weighted by Crippen LogP contribution is 2.18. The summed E-state index contributed by atoms with van der Waals surface area (Å²) in [6, 6.07) is 6.51. The minimum absolute atomic E-state index is 0.587. The fourth-order valence-electron chi connectivity index (χ4n) is 0.758. The van der Waals surface area contributed by atoms with Gasteiger partial charge in [-0.15, -0.1) is 0 Å². The molecule has 0 heterocycles. The van der Waals surface area contributed by atoms with E-state index in [4.69, 9.17) is 23.2 Å². The van der Waals surface area contributed by atoms with Gasteiger partial charge in [-0.25, -0.2) is 0 Å². The molecule has 0 aliphatic carbocycles. The summed E-state index contributed by atoms with van der Waals surface area (Å²) in [6.07, 6.45) is 0.952. The van der Waals surface area contributed by atoms with Crippen LogP contribution in [-0.4, -0.2) is 0 Å². The number of benzene rings is 1. The maximum atomic E-state index is 5.69. The summed E-state index contributed by atoms with van der Waals surface area (Å²) >= 11 is 11.4. The lowest BCUT2D eigenvalue weighted by atomic mass is 10.2. The summed E-state index contributed by atoms with van der Waals surface area (Å²) in [6.45, 7) is 2.06. The second-order valence-electron chi connectivity index (χ2n) is 2.04. The second kappa shape index (κ2) is 3.27. The van der Waals surface area contributed by atoms with Crippen LogP contribution in [0.15, 0.2) is 12.1 Å². The standard InChI is InChI=1S/C8H7Cl2/c1-2-6-3-7(9)5-8(10)4-6/h3-4H,2H2,1H3. The molecule has 0 amide bonds. The van der Waals surface area contributed by atoms with Crippen LogP contribution in [0.2, 0.25) is 10.0 Å². The monoisotopic (exact) mass is 173 g/mol. The summed E-state index contributed by atoms with van der Waals surface area (Å²) in [5.41, 5.74) is 1.15. The first kappa shape index (κ1) is 7.90. The third-order valence-corrected chi connectivity index (χ3v) is 1.68. The Balaban J connectivity index is 3.06. The molecule has 0 spiro atoms. The van der Waals surface area contributed by atoms with Crippen molar-refractivity contribution in [1.82, 2.24) is 0 Å². The van der Waals surface area contributed by atoms with Gasteiger partial charge in [0.15, 0.2) is 0 Å². The maximum absolute atomic E-state index is 5.69. The summed E-state index contributed by atoms with van der Waals surface area (Å²) in [5, 5.41) is 1.17. The third-order valence-electron chi connectivity index (χ3n) is 1.27. The lowest BCUT2D eigenvalue weighted by Crippen LogP contribution is -1.78. The van der Waals surface area contributed by atoms with Crippen molar-refractivity contribution in [3.8, 4) is 0 Å². The minimum Gasteiger partial charge on any atom is -0.0836 e. The molecule has 0 atom stereocenters. The van der Waals surface area contributed by atoms with Gasteiger partial charge in [0.2, 0.25) is 0 Å². The third kappa shape index (κ3) is 1.89. The van der Waals surface area contributed by atoms with Crippen LogP contribution in [0.25, 0.3) is 0 Å². The van der Waals surface area contributed by atoms with Crippen LogP contribution in [-0.2, 0) is 6.42 Å². The van der Waals surface area contributed by atoms with Crippen molar-refractivity contribution in [3.05, 3.63) is 33.8 Å². The summed E-state index contributed by atoms with van der Waals surface area (Å²) in [7, 11) is 0. The van der Waals surface area contributed by atoms with Crippen molar-refractivity contribution in [2.24, 2.45) is 0 Å². The van der Waals surface area contributed by atoms with Crippen molar-refractivity contribution in [3.63, 3.8) is 0 Å². The molecule has 2 heteroatoms. The highest BCUT2D eigenvalue weighted by molar-refractivity contribution is 6.34. The van der Waals surface area contributed by atoms with Gasteiger partial charge in [0.25, 0.3) is 0 Å². The number of aryl methyl sites for hydroxylation is 1. The van der Waals surface area contributed by atoms with Gasteiger partial charge in [0, 0.05) is 6.07 Å². The predicted octanol–water partition coefficient (Wildman–Crippen LogP) is 3.36. The SMILES string of the molecule is CCc1cc(Cl)[c]c(Cl)c1. The number of halogens is 2. The zero-order chi connectivity index (χ0) is 7.56. The molecule has 1 radical (unpaired) electrons. The van der Waals surface area contributed by atoms with E-state index in [-0.39, 0.29) is 0 Å². The molecule has 0 fully saturated rings. The van der Waals surface area contributed by atoms with Gasteiger partial charge in [0.05, 0.1) is 10.0 Å². The van der Waals surface area contributed by atoms with Gasteiger partial charge in [-0.3, -0.25) is 0 Å². The first-order valence-electron chi connectivity index (χ1n) is 3.09. The quantitative estimate of drug-likeness (QED) is 0.612. The zero-order valence-electron chi connectivity index (χ0n) is 5.62. The summed E-state index contributed by atoms with van der Waals surface area (Å²) in [5.74, 6) is 0. The van der Waals surface area contributed by atoms with E-state index in [1.807, 2.05) is 12.1 Å². The van der Waals surface area contributed by atoms with Gasteiger partial charge in [-0.05, 0) is 24.1 Å². The molecule has 0 bridgehead atoms. The normalized spacial score (nSPS) is 9.90. The molecule has 1 aromatic carbocycles. The average Bonchev–Trinajstić information content (AvgIpc) is 1.85. The topological polar surface area (TPSA) is 0 Å².